The first-order valence-corrected chi connectivity index (χ1v) is 6.37. The molecule has 2 rings (SSSR count). The molecule has 1 aromatic carbocycles. The van der Waals surface area contributed by atoms with Gasteiger partial charge in [0, 0.05) is 12.6 Å². The van der Waals surface area contributed by atoms with E-state index in [2.05, 4.69) is 0 Å². The molecule has 1 aromatic rings. The van der Waals surface area contributed by atoms with Crippen molar-refractivity contribution < 1.29 is 14.6 Å². The van der Waals surface area contributed by atoms with E-state index < -0.39 is 6.04 Å². The van der Waals surface area contributed by atoms with Crippen LogP contribution in [0.3, 0.4) is 0 Å². The fourth-order valence-electron chi connectivity index (χ4n) is 2.59. The Bertz CT molecular complexity index is 464. The maximum atomic E-state index is 12.5. The van der Waals surface area contributed by atoms with E-state index in [1.54, 1.807) is 12.0 Å². The summed E-state index contributed by atoms with van der Waals surface area (Å²) in [5, 5.41) is 9.39. The van der Waals surface area contributed by atoms with Gasteiger partial charge in [-0.15, -0.1) is 0 Å². The van der Waals surface area contributed by atoms with Crippen molar-refractivity contribution in [1.82, 2.24) is 4.90 Å². The van der Waals surface area contributed by atoms with E-state index >= 15 is 0 Å². The number of piperazine rings is 1. The molecule has 0 saturated carbocycles. The van der Waals surface area contributed by atoms with Gasteiger partial charge in [-0.1, -0.05) is 12.1 Å². The van der Waals surface area contributed by atoms with Gasteiger partial charge < -0.3 is 14.7 Å². The Kier molecular flexibility index (Phi) is 4.07. The van der Waals surface area contributed by atoms with E-state index in [1.807, 2.05) is 43.1 Å². The van der Waals surface area contributed by atoms with Crippen LogP contribution in [0.5, 0.6) is 5.75 Å². The number of aliphatic hydroxyl groups is 1. The highest BCUT2D eigenvalue weighted by atomic mass is 16.5. The maximum Gasteiger partial charge on any atom is 0.247 e. The number of carbonyl (C=O) groups is 1. The minimum atomic E-state index is -0.485. The second kappa shape index (κ2) is 5.59. The highest BCUT2D eigenvalue weighted by Crippen LogP contribution is 2.32. The van der Waals surface area contributed by atoms with Crippen molar-refractivity contribution >= 4 is 11.6 Å². The van der Waals surface area contributed by atoms with E-state index in [0.29, 0.717) is 5.75 Å². The quantitative estimate of drug-likeness (QED) is 0.874. The maximum absolute atomic E-state index is 12.5. The largest absolute Gasteiger partial charge is 0.495 e. The molecule has 2 atom stereocenters. The third-order valence-electron chi connectivity index (χ3n) is 3.57. The van der Waals surface area contributed by atoms with Crippen molar-refractivity contribution in [3.63, 3.8) is 0 Å². The predicted octanol–water partition coefficient (Wildman–Crippen LogP) is 0.723. The zero-order valence-corrected chi connectivity index (χ0v) is 11.5. The molecule has 1 saturated heterocycles. The molecule has 0 aromatic heterocycles. The Hall–Kier alpha value is -1.59. The summed E-state index contributed by atoms with van der Waals surface area (Å²) in [6.45, 7) is 2.54. The Labute approximate surface area is 113 Å². The minimum absolute atomic E-state index is 0.0385. The number of ether oxygens (including phenoxy) is 1. The van der Waals surface area contributed by atoms with Gasteiger partial charge in [-0.25, -0.2) is 0 Å². The molecule has 0 aliphatic carbocycles. The van der Waals surface area contributed by atoms with Gasteiger partial charge in [0.1, 0.15) is 11.8 Å². The van der Waals surface area contributed by atoms with E-state index in [1.165, 1.54) is 0 Å². The van der Waals surface area contributed by atoms with Gasteiger partial charge in [-0.3, -0.25) is 9.69 Å². The number of nitrogens with zero attached hydrogens (tertiary/aromatic N) is 2. The van der Waals surface area contributed by atoms with Crippen molar-refractivity contribution in [2.75, 3.05) is 32.2 Å². The summed E-state index contributed by atoms with van der Waals surface area (Å²) in [6.07, 6.45) is 0. The van der Waals surface area contributed by atoms with Crippen molar-refractivity contribution in [1.29, 1.82) is 0 Å². The first-order valence-electron chi connectivity index (χ1n) is 6.37. The zero-order chi connectivity index (χ0) is 14.0. The highest BCUT2D eigenvalue weighted by Gasteiger charge is 2.38. The molecule has 1 aliphatic rings. The first-order chi connectivity index (χ1) is 9.10. The summed E-state index contributed by atoms with van der Waals surface area (Å²) >= 11 is 0. The fraction of sp³-hybridized carbons (Fsp3) is 0.500. The van der Waals surface area contributed by atoms with Gasteiger partial charge >= 0.3 is 0 Å². The standard InChI is InChI=1S/C14H20N2O3/c1-10-8-15(2)12(9-17)14(18)16(10)11-6-4-5-7-13(11)19-3/h4-7,10,12,17H,8-9H2,1-3H3. The number of hydrogen-bond acceptors (Lipinski definition) is 4. The third kappa shape index (κ3) is 2.43. The fourth-order valence-corrected chi connectivity index (χ4v) is 2.59. The van der Waals surface area contributed by atoms with Crippen LogP contribution in [0.2, 0.25) is 0 Å². The van der Waals surface area contributed by atoms with Gasteiger partial charge in [0.25, 0.3) is 0 Å². The molecule has 0 radical (unpaired) electrons. The highest BCUT2D eigenvalue weighted by molar-refractivity contribution is 5.99. The summed E-state index contributed by atoms with van der Waals surface area (Å²) < 4.78 is 5.32. The summed E-state index contributed by atoms with van der Waals surface area (Å²) in [6, 6.07) is 7.01. The van der Waals surface area contributed by atoms with Gasteiger partial charge in [-0.05, 0) is 26.1 Å². The van der Waals surface area contributed by atoms with Gasteiger partial charge in [0.15, 0.2) is 0 Å². The number of carbonyl (C=O) groups excluding carboxylic acids is 1. The SMILES string of the molecule is COc1ccccc1N1C(=O)C(CO)N(C)CC1C. The Morgan fingerprint density at radius 3 is 2.74 bits per heavy atom. The number of benzene rings is 1. The van der Waals surface area contributed by atoms with Crippen LogP contribution in [0.1, 0.15) is 6.92 Å². The van der Waals surface area contributed by atoms with E-state index in [-0.39, 0.29) is 18.6 Å². The van der Waals surface area contributed by atoms with Crippen molar-refractivity contribution in [2.24, 2.45) is 0 Å². The lowest BCUT2D eigenvalue weighted by molar-refractivity contribution is -0.127. The molecule has 0 spiro atoms. The molecule has 19 heavy (non-hydrogen) atoms. The average molecular weight is 264 g/mol. The molecule has 5 heteroatoms. The molecule has 1 aliphatic heterocycles. The molecule has 0 bridgehead atoms. The second-order valence-electron chi connectivity index (χ2n) is 4.87. The summed E-state index contributed by atoms with van der Waals surface area (Å²) in [5.74, 6) is 0.581. The van der Waals surface area contributed by atoms with Gasteiger partial charge in [-0.2, -0.15) is 0 Å². The van der Waals surface area contributed by atoms with Crippen LogP contribution in [0.15, 0.2) is 24.3 Å². The van der Waals surface area contributed by atoms with Crippen LogP contribution in [0.4, 0.5) is 5.69 Å². The van der Waals surface area contributed by atoms with Crippen LogP contribution in [0.25, 0.3) is 0 Å². The summed E-state index contributed by atoms with van der Waals surface area (Å²) in [7, 11) is 3.45. The number of para-hydroxylation sites is 2. The van der Waals surface area contributed by atoms with Gasteiger partial charge in [0.05, 0.1) is 19.4 Å². The summed E-state index contributed by atoms with van der Waals surface area (Å²) in [4.78, 5) is 16.1. The van der Waals surface area contributed by atoms with Crippen LogP contribution in [0, 0.1) is 0 Å². The number of aliphatic hydroxyl groups excluding tert-OH is 1. The number of hydrogen-bond donors (Lipinski definition) is 1. The lowest BCUT2D eigenvalue weighted by atomic mass is 10.1. The number of likely N-dealkylation sites (N-methyl/N-ethyl adjacent to an activating group) is 1. The number of anilines is 1. The minimum Gasteiger partial charge on any atom is -0.495 e. The zero-order valence-electron chi connectivity index (χ0n) is 11.5. The van der Waals surface area contributed by atoms with Crippen molar-refractivity contribution in [3.05, 3.63) is 24.3 Å². The summed E-state index contributed by atoms with van der Waals surface area (Å²) in [5.41, 5.74) is 0.758. The van der Waals surface area contributed by atoms with E-state index in [4.69, 9.17) is 4.74 Å². The molecule has 5 nitrogen and oxygen atoms in total. The number of rotatable bonds is 3. The normalized spacial score (nSPS) is 24.6. The molecule has 1 N–H and O–H groups in total. The average Bonchev–Trinajstić information content (AvgIpc) is 2.39. The van der Waals surface area contributed by atoms with E-state index in [0.717, 1.165) is 12.2 Å². The molecule has 2 unspecified atom stereocenters. The molecule has 1 amide bonds. The third-order valence-corrected chi connectivity index (χ3v) is 3.57. The van der Waals surface area contributed by atoms with Crippen molar-refractivity contribution in [2.45, 2.75) is 19.0 Å². The Morgan fingerprint density at radius 2 is 2.11 bits per heavy atom. The number of methoxy groups -OCH3 is 1. The Balaban J connectivity index is 2.39. The Morgan fingerprint density at radius 1 is 1.42 bits per heavy atom. The lowest BCUT2D eigenvalue weighted by Crippen LogP contribution is -2.61. The molecule has 104 valence electrons. The van der Waals surface area contributed by atoms with Crippen LogP contribution >= 0.6 is 0 Å². The molecule has 1 heterocycles. The molecular formula is C14H20N2O3. The van der Waals surface area contributed by atoms with Crippen LogP contribution in [-0.4, -0.2) is 55.3 Å². The monoisotopic (exact) mass is 264 g/mol. The van der Waals surface area contributed by atoms with Crippen molar-refractivity contribution in [3.8, 4) is 5.75 Å². The van der Waals surface area contributed by atoms with E-state index in [9.17, 15) is 9.90 Å². The number of amides is 1. The predicted molar refractivity (Wildman–Crippen MR) is 73.4 cm³/mol. The van der Waals surface area contributed by atoms with Crippen LogP contribution in [-0.2, 0) is 4.79 Å². The first kappa shape index (κ1) is 13.8. The molecule has 1 fully saturated rings. The second-order valence-corrected chi connectivity index (χ2v) is 4.87. The molecular weight excluding hydrogens is 244 g/mol. The van der Waals surface area contributed by atoms with Crippen LogP contribution < -0.4 is 9.64 Å². The topological polar surface area (TPSA) is 53.0 Å². The van der Waals surface area contributed by atoms with Gasteiger partial charge in [0.2, 0.25) is 5.91 Å². The lowest BCUT2D eigenvalue weighted by Gasteiger charge is -2.42. The smallest absolute Gasteiger partial charge is 0.247 e.